The molecular formula is C27H39ClN4O4S. The van der Waals surface area contributed by atoms with Gasteiger partial charge in [0, 0.05) is 31.7 Å². The molecule has 10 heteroatoms. The Kier molecular flexibility index (Phi) is 11.0. The molecule has 2 amide bonds. The first-order valence-corrected chi connectivity index (χ1v) is 14.2. The Balaban J connectivity index is 2.55. The number of hydrogen-bond acceptors (Lipinski definition) is 4. The lowest BCUT2D eigenvalue weighted by molar-refractivity contribution is -0.140. The summed E-state index contributed by atoms with van der Waals surface area (Å²) in [4.78, 5) is 28.6. The predicted molar refractivity (Wildman–Crippen MR) is 150 cm³/mol. The summed E-state index contributed by atoms with van der Waals surface area (Å²) in [5, 5.41) is 3.52. The number of nitrogens with zero attached hydrogens (tertiary/aromatic N) is 3. The minimum Gasteiger partial charge on any atom is -0.352 e. The largest absolute Gasteiger partial charge is 0.352 e. The van der Waals surface area contributed by atoms with Crippen molar-refractivity contribution in [2.24, 2.45) is 0 Å². The van der Waals surface area contributed by atoms with Crippen LogP contribution < -0.4 is 9.62 Å². The summed E-state index contributed by atoms with van der Waals surface area (Å²) in [6.45, 7) is 9.05. The number of rotatable bonds is 12. The highest BCUT2D eigenvalue weighted by molar-refractivity contribution is 7.90. The number of aryl methyl sites for hydroxylation is 2. The fourth-order valence-electron chi connectivity index (χ4n) is 3.84. The molecule has 0 aliphatic carbocycles. The average molecular weight is 551 g/mol. The number of nitrogens with one attached hydrogen (secondary N) is 1. The highest BCUT2D eigenvalue weighted by Gasteiger charge is 2.34. The Morgan fingerprint density at radius 3 is 2.16 bits per heavy atom. The van der Waals surface area contributed by atoms with Crippen LogP contribution in [0.2, 0.25) is 5.02 Å². The zero-order chi connectivity index (χ0) is 27.9. The average Bonchev–Trinajstić information content (AvgIpc) is 2.84. The minimum absolute atomic E-state index is 0.0606. The number of carbonyl (C=O) groups excluding carboxylic acids is 2. The Morgan fingerprint density at radius 2 is 1.62 bits per heavy atom. The van der Waals surface area contributed by atoms with Crippen LogP contribution >= 0.6 is 11.6 Å². The molecule has 0 saturated heterocycles. The smallest absolute Gasteiger partial charge is 0.304 e. The summed E-state index contributed by atoms with van der Waals surface area (Å²) >= 11 is 6.05. The lowest BCUT2D eigenvalue weighted by Crippen LogP contribution is -2.54. The Bertz CT molecular complexity index is 1190. The van der Waals surface area contributed by atoms with Crippen LogP contribution in [0.3, 0.4) is 0 Å². The van der Waals surface area contributed by atoms with Crippen molar-refractivity contribution >= 4 is 39.3 Å². The van der Waals surface area contributed by atoms with E-state index in [1.54, 1.807) is 37.3 Å². The molecule has 2 rings (SSSR count). The van der Waals surface area contributed by atoms with E-state index in [-0.39, 0.29) is 18.5 Å². The topological polar surface area (TPSA) is 90.0 Å². The number of amides is 2. The summed E-state index contributed by atoms with van der Waals surface area (Å²) in [7, 11) is -1.16. The van der Waals surface area contributed by atoms with Gasteiger partial charge < -0.3 is 10.2 Å². The quantitative estimate of drug-likeness (QED) is 0.427. The van der Waals surface area contributed by atoms with Gasteiger partial charge in [0.05, 0.1) is 5.69 Å². The van der Waals surface area contributed by atoms with E-state index in [2.05, 4.69) is 5.32 Å². The van der Waals surface area contributed by atoms with Crippen molar-refractivity contribution in [3.63, 3.8) is 0 Å². The van der Waals surface area contributed by atoms with Crippen molar-refractivity contribution in [3.05, 3.63) is 64.2 Å². The fourth-order valence-corrected chi connectivity index (χ4v) is 5.08. The Morgan fingerprint density at radius 1 is 1.00 bits per heavy atom. The molecule has 0 unspecified atom stereocenters. The number of halogens is 1. The van der Waals surface area contributed by atoms with E-state index >= 15 is 0 Å². The minimum atomic E-state index is -4.01. The van der Waals surface area contributed by atoms with E-state index in [0.29, 0.717) is 17.1 Å². The van der Waals surface area contributed by atoms with Crippen molar-refractivity contribution in [2.45, 2.75) is 66.1 Å². The van der Waals surface area contributed by atoms with E-state index in [1.165, 1.54) is 19.0 Å². The van der Waals surface area contributed by atoms with Gasteiger partial charge in [-0.15, -0.1) is 0 Å². The first-order valence-electron chi connectivity index (χ1n) is 12.4. The summed E-state index contributed by atoms with van der Waals surface area (Å²) in [6.07, 6.45) is 1.11. The normalized spacial score (nSPS) is 13.2. The molecule has 0 aliphatic rings. The van der Waals surface area contributed by atoms with Gasteiger partial charge in [0.2, 0.25) is 11.8 Å². The van der Waals surface area contributed by atoms with Gasteiger partial charge in [0.25, 0.3) is 0 Å². The Labute approximate surface area is 226 Å². The molecule has 204 valence electrons. The highest BCUT2D eigenvalue weighted by Crippen LogP contribution is 2.26. The van der Waals surface area contributed by atoms with E-state index in [9.17, 15) is 18.0 Å². The molecule has 1 N–H and O–H groups in total. The summed E-state index contributed by atoms with van der Waals surface area (Å²) in [5.74, 6) is -0.750. The van der Waals surface area contributed by atoms with Crippen LogP contribution in [-0.4, -0.2) is 62.2 Å². The van der Waals surface area contributed by atoms with E-state index in [1.807, 2.05) is 39.8 Å². The Hall–Kier alpha value is -2.62. The van der Waals surface area contributed by atoms with Crippen LogP contribution in [0, 0.1) is 13.8 Å². The van der Waals surface area contributed by atoms with E-state index in [0.717, 1.165) is 31.7 Å². The van der Waals surface area contributed by atoms with Crippen LogP contribution in [0.15, 0.2) is 42.5 Å². The second-order valence-electron chi connectivity index (χ2n) is 9.48. The van der Waals surface area contributed by atoms with Crippen molar-refractivity contribution < 1.29 is 18.0 Å². The van der Waals surface area contributed by atoms with E-state index in [4.69, 9.17) is 11.6 Å². The lowest BCUT2D eigenvalue weighted by atomic mass is 10.1. The van der Waals surface area contributed by atoms with Crippen LogP contribution in [0.25, 0.3) is 0 Å². The van der Waals surface area contributed by atoms with Crippen LogP contribution in [0.4, 0.5) is 5.69 Å². The van der Waals surface area contributed by atoms with Gasteiger partial charge in [0.1, 0.15) is 12.6 Å². The van der Waals surface area contributed by atoms with Gasteiger partial charge >= 0.3 is 10.2 Å². The maximum atomic E-state index is 13.9. The molecule has 2 atom stereocenters. The summed E-state index contributed by atoms with van der Waals surface area (Å²) < 4.78 is 29.0. The van der Waals surface area contributed by atoms with Gasteiger partial charge in [-0.05, 0) is 68.5 Å². The van der Waals surface area contributed by atoms with Gasteiger partial charge in [-0.2, -0.15) is 12.7 Å². The predicted octanol–water partition coefficient (Wildman–Crippen LogP) is 4.29. The van der Waals surface area contributed by atoms with Crippen molar-refractivity contribution in [3.8, 4) is 0 Å². The summed E-state index contributed by atoms with van der Waals surface area (Å²) in [6, 6.07) is 11.7. The van der Waals surface area contributed by atoms with Gasteiger partial charge in [-0.1, -0.05) is 49.7 Å². The highest BCUT2D eigenvalue weighted by atomic mass is 35.5. The third-order valence-electron chi connectivity index (χ3n) is 6.31. The fraction of sp³-hybridized carbons (Fsp3) is 0.481. The molecule has 0 aliphatic heterocycles. The van der Waals surface area contributed by atoms with Crippen LogP contribution in [0.1, 0.15) is 50.3 Å². The molecule has 37 heavy (non-hydrogen) atoms. The molecule has 0 radical (unpaired) electrons. The molecule has 0 spiro atoms. The molecule has 2 aromatic rings. The monoisotopic (exact) mass is 550 g/mol. The second kappa shape index (κ2) is 13.3. The maximum absolute atomic E-state index is 13.9. The number of hydrogen-bond donors (Lipinski definition) is 1. The molecule has 0 fully saturated rings. The van der Waals surface area contributed by atoms with Gasteiger partial charge in [-0.3, -0.25) is 9.59 Å². The second-order valence-corrected chi connectivity index (χ2v) is 12.0. The number of anilines is 1. The molecule has 0 heterocycles. The number of carbonyl (C=O) groups is 2. The first kappa shape index (κ1) is 30.6. The zero-order valence-corrected chi connectivity index (χ0v) is 24.4. The molecule has 0 aromatic heterocycles. The molecule has 8 nitrogen and oxygen atoms in total. The standard InChI is InChI=1S/C27H39ClN4O4S/c1-8-21(5)29-27(34)24(9-2)31(17-22-12-14-23(28)15-13-22)26(33)18-32(37(35,36)30(6)7)25-16-19(3)10-11-20(25)4/h10-16,21,24H,8-9,17-18H2,1-7H3,(H,29,34)/t21-,24+/m1/s1. The SMILES string of the molecule is CC[C@@H](C)NC(=O)[C@H](CC)N(Cc1ccc(Cl)cc1)C(=O)CN(c1cc(C)ccc1C)S(=O)(=O)N(C)C. The molecule has 0 saturated carbocycles. The van der Waals surface area contributed by atoms with E-state index < -0.39 is 28.7 Å². The molecule has 2 aromatic carbocycles. The molecule has 0 bridgehead atoms. The molecular weight excluding hydrogens is 512 g/mol. The van der Waals surface area contributed by atoms with Gasteiger partial charge in [0.15, 0.2) is 0 Å². The lowest BCUT2D eigenvalue weighted by Gasteiger charge is -2.34. The number of benzene rings is 2. The maximum Gasteiger partial charge on any atom is 0.304 e. The van der Waals surface area contributed by atoms with Crippen molar-refractivity contribution in [1.82, 2.24) is 14.5 Å². The van der Waals surface area contributed by atoms with Crippen molar-refractivity contribution in [1.29, 1.82) is 0 Å². The summed E-state index contributed by atoms with van der Waals surface area (Å²) in [5.41, 5.74) is 2.78. The zero-order valence-electron chi connectivity index (χ0n) is 22.8. The van der Waals surface area contributed by atoms with Crippen LogP contribution in [0.5, 0.6) is 0 Å². The third kappa shape index (κ3) is 7.93. The third-order valence-corrected chi connectivity index (χ3v) is 8.36. The van der Waals surface area contributed by atoms with Gasteiger partial charge in [-0.25, -0.2) is 4.31 Å². The van der Waals surface area contributed by atoms with Crippen molar-refractivity contribution in [2.75, 3.05) is 24.9 Å². The first-order chi connectivity index (χ1) is 17.3. The van der Waals surface area contributed by atoms with Crippen LogP contribution in [-0.2, 0) is 26.3 Å².